The smallest absolute Gasteiger partial charge is 0.228 e. The van der Waals surface area contributed by atoms with Crippen LogP contribution >= 0.6 is 11.8 Å². The standard InChI is InChI=1S/C12H12N2OS/c1-16-11-4-2-3-10(6-11)14-8-9(7-13)5-12(14)15/h2-4,6,9H,5,8H2,1H3. The molecule has 0 bridgehead atoms. The van der Waals surface area contributed by atoms with Gasteiger partial charge in [-0.1, -0.05) is 6.07 Å². The van der Waals surface area contributed by atoms with Crippen LogP contribution in [-0.2, 0) is 4.79 Å². The van der Waals surface area contributed by atoms with Crippen LogP contribution in [0.3, 0.4) is 0 Å². The number of amides is 1. The quantitative estimate of drug-likeness (QED) is 0.735. The second-order valence-corrected chi connectivity index (χ2v) is 4.62. The first-order chi connectivity index (χ1) is 7.74. The monoisotopic (exact) mass is 232 g/mol. The van der Waals surface area contributed by atoms with E-state index in [1.807, 2.05) is 30.5 Å². The van der Waals surface area contributed by atoms with E-state index >= 15 is 0 Å². The Morgan fingerprint density at radius 2 is 2.38 bits per heavy atom. The predicted molar refractivity (Wildman–Crippen MR) is 64.3 cm³/mol. The average Bonchev–Trinajstić information content (AvgIpc) is 2.71. The third-order valence-corrected chi connectivity index (χ3v) is 3.40. The highest BCUT2D eigenvalue weighted by Crippen LogP contribution is 2.27. The van der Waals surface area contributed by atoms with Gasteiger partial charge in [0.1, 0.15) is 0 Å². The molecule has 1 fully saturated rings. The highest BCUT2D eigenvalue weighted by Gasteiger charge is 2.30. The fourth-order valence-corrected chi connectivity index (χ4v) is 2.28. The largest absolute Gasteiger partial charge is 0.311 e. The third kappa shape index (κ3) is 2.05. The highest BCUT2D eigenvalue weighted by atomic mass is 32.2. The van der Waals surface area contributed by atoms with Gasteiger partial charge in [-0.15, -0.1) is 11.8 Å². The van der Waals surface area contributed by atoms with Gasteiger partial charge in [0.25, 0.3) is 0 Å². The Morgan fingerprint density at radius 1 is 1.56 bits per heavy atom. The molecule has 1 atom stereocenters. The van der Waals surface area contributed by atoms with E-state index in [4.69, 9.17) is 5.26 Å². The molecule has 1 amide bonds. The molecule has 82 valence electrons. The minimum Gasteiger partial charge on any atom is -0.311 e. The second kappa shape index (κ2) is 4.58. The number of hydrogen-bond donors (Lipinski definition) is 0. The van der Waals surface area contributed by atoms with E-state index in [-0.39, 0.29) is 11.8 Å². The lowest BCUT2D eigenvalue weighted by atomic mass is 10.1. The molecule has 0 aromatic heterocycles. The lowest BCUT2D eigenvalue weighted by Gasteiger charge is -2.16. The zero-order chi connectivity index (χ0) is 11.5. The number of thioether (sulfide) groups is 1. The van der Waals surface area contributed by atoms with Crippen LogP contribution in [0, 0.1) is 17.2 Å². The number of nitrogens with zero attached hydrogens (tertiary/aromatic N) is 2. The molecule has 1 aromatic carbocycles. The number of hydrogen-bond acceptors (Lipinski definition) is 3. The molecule has 1 heterocycles. The summed E-state index contributed by atoms with van der Waals surface area (Å²) in [5, 5.41) is 8.82. The van der Waals surface area contributed by atoms with Crippen molar-refractivity contribution in [1.29, 1.82) is 5.26 Å². The van der Waals surface area contributed by atoms with E-state index in [0.717, 1.165) is 10.6 Å². The van der Waals surface area contributed by atoms with Crippen molar-refractivity contribution in [3.05, 3.63) is 24.3 Å². The van der Waals surface area contributed by atoms with Crippen LogP contribution in [0.2, 0.25) is 0 Å². The van der Waals surface area contributed by atoms with E-state index in [0.29, 0.717) is 13.0 Å². The normalized spacial score (nSPS) is 19.9. The Balaban J connectivity index is 2.24. The van der Waals surface area contributed by atoms with Crippen LogP contribution in [0.4, 0.5) is 5.69 Å². The van der Waals surface area contributed by atoms with Crippen molar-refractivity contribution in [2.24, 2.45) is 5.92 Å². The second-order valence-electron chi connectivity index (χ2n) is 3.74. The van der Waals surface area contributed by atoms with Crippen LogP contribution in [0.25, 0.3) is 0 Å². The van der Waals surface area contributed by atoms with Gasteiger partial charge < -0.3 is 4.90 Å². The summed E-state index contributed by atoms with van der Waals surface area (Å²) in [5.74, 6) is -0.116. The number of benzene rings is 1. The van der Waals surface area contributed by atoms with Crippen molar-refractivity contribution in [2.75, 3.05) is 17.7 Å². The molecule has 1 aliphatic heterocycles. The van der Waals surface area contributed by atoms with Gasteiger partial charge in [0.2, 0.25) is 5.91 Å². The fraction of sp³-hybridized carbons (Fsp3) is 0.333. The molecule has 0 radical (unpaired) electrons. The summed E-state index contributed by atoms with van der Waals surface area (Å²) in [6.45, 7) is 0.521. The van der Waals surface area contributed by atoms with Crippen LogP contribution in [0.1, 0.15) is 6.42 Å². The van der Waals surface area contributed by atoms with Gasteiger partial charge in [0.05, 0.1) is 12.0 Å². The first-order valence-electron chi connectivity index (χ1n) is 5.08. The van der Waals surface area contributed by atoms with Crippen molar-refractivity contribution >= 4 is 23.4 Å². The highest BCUT2D eigenvalue weighted by molar-refractivity contribution is 7.98. The summed E-state index contributed by atoms with van der Waals surface area (Å²) in [4.78, 5) is 14.5. The van der Waals surface area contributed by atoms with Gasteiger partial charge in [-0.3, -0.25) is 4.79 Å². The summed E-state index contributed by atoms with van der Waals surface area (Å²) in [6.07, 6.45) is 2.35. The molecule has 0 aliphatic carbocycles. The molecule has 2 rings (SSSR count). The predicted octanol–water partition coefficient (Wildman–Crippen LogP) is 2.28. The molecular formula is C12H12N2OS. The molecule has 1 unspecified atom stereocenters. The zero-order valence-corrected chi connectivity index (χ0v) is 9.83. The molecule has 1 saturated heterocycles. The lowest BCUT2D eigenvalue weighted by molar-refractivity contribution is -0.117. The summed E-state index contributed by atoms with van der Waals surface area (Å²) < 4.78 is 0. The summed E-state index contributed by atoms with van der Waals surface area (Å²) in [7, 11) is 0. The van der Waals surface area contributed by atoms with Crippen molar-refractivity contribution in [2.45, 2.75) is 11.3 Å². The van der Waals surface area contributed by atoms with E-state index < -0.39 is 0 Å². The van der Waals surface area contributed by atoms with Crippen LogP contribution in [0.15, 0.2) is 29.2 Å². The Bertz CT molecular complexity index is 453. The van der Waals surface area contributed by atoms with Gasteiger partial charge in [-0.25, -0.2) is 0 Å². The SMILES string of the molecule is CSc1cccc(N2CC(C#N)CC2=O)c1. The average molecular weight is 232 g/mol. The van der Waals surface area contributed by atoms with E-state index in [9.17, 15) is 4.79 Å². The summed E-state index contributed by atoms with van der Waals surface area (Å²) >= 11 is 1.65. The Kier molecular flexibility index (Phi) is 3.16. The van der Waals surface area contributed by atoms with Crippen molar-refractivity contribution in [1.82, 2.24) is 0 Å². The number of anilines is 1. The van der Waals surface area contributed by atoms with Gasteiger partial charge in [-0.05, 0) is 24.5 Å². The fourth-order valence-electron chi connectivity index (χ4n) is 1.82. The van der Waals surface area contributed by atoms with E-state index in [2.05, 4.69) is 6.07 Å². The lowest BCUT2D eigenvalue weighted by Crippen LogP contribution is -2.24. The van der Waals surface area contributed by atoms with Gasteiger partial charge in [-0.2, -0.15) is 5.26 Å². The maximum atomic E-state index is 11.7. The zero-order valence-electron chi connectivity index (χ0n) is 9.01. The van der Waals surface area contributed by atoms with Crippen LogP contribution in [0.5, 0.6) is 0 Å². The topological polar surface area (TPSA) is 44.1 Å². The van der Waals surface area contributed by atoms with Crippen molar-refractivity contribution in [3.8, 4) is 6.07 Å². The third-order valence-electron chi connectivity index (χ3n) is 2.67. The molecule has 0 saturated carbocycles. The molecule has 1 aromatic rings. The Morgan fingerprint density at radius 3 is 3.00 bits per heavy atom. The number of nitriles is 1. The van der Waals surface area contributed by atoms with Crippen LogP contribution in [-0.4, -0.2) is 18.7 Å². The molecule has 16 heavy (non-hydrogen) atoms. The van der Waals surface area contributed by atoms with Gasteiger partial charge in [0, 0.05) is 23.5 Å². The summed E-state index contributed by atoms with van der Waals surface area (Å²) in [5.41, 5.74) is 0.898. The molecule has 3 nitrogen and oxygen atoms in total. The Hall–Kier alpha value is -1.47. The first-order valence-corrected chi connectivity index (χ1v) is 6.31. The number of carbonyl (C=O) groups excluding carboxylic acids is 1. The van der Waals surface area contributed by atoms with Gasteiger partial charge in [0.15, 0.2) is 0 Å². The van der Waals surface area contributed by atoms with Crippen molar-refractivity contribution < 1.29 is 4.79 Å². The van der Waals surface area contributed by atoms with Crippen molar-refractivity contribution in [3.63, 3.8) is 0 Å². The maximum Gasteiger partial charge on any atom is 0.228 e. The van der Waals surface area contributed by atoms with Crippen LogP contribution < -0.4 is 4.90 Å². The maximum absolute atomic E-state index is 11.7. The van der Waals surface area contributed by atoms with E-state index in [1.165, 1.54) is 0 Å². The van der Waals surface area contributed by atoms with E-state index in [1.54, 1.807) is 16.7 Å². The molecule has 4 heteroatoms. The summed E-state index contributed by atoms with van der Waals surface area (Å²) in [6, 6.07) is 10.0. The molecule has 0 spiro atoms. The minimum absolute atomic E-state index is 0.0461. The molecule has 0 N–H and O–H groups in total. The molecular weight excluding hydrogens is 220 g/mol. The first kappa shape index (κ1) is 11.0. The van der Waals surface area contributed by atoms with Gasteiger partial charge >= 0.3 is 0 Å². The Labute approximate surface area is 99.1 Å². The number of rotatable bonds is 2. The number of carbonyl (C=O) groups is 1. The molecule has 1 aliphatic rings. The minimum atomic E-state index is -0.162.